The largest absolute Gasteiger partial charge is 0.454 e. The average Bonchev–Trinajstić information content (AvgIpc) is 3.13. The predicted molar refractivity (Wildman–Crippen MR) is 103 cm³/mol. The summed E-state index contributed by atoms with van der Waals surface area (Å²) in [4.78, 5) is 2.57. The molecular weight excluding hydrogens is 364 g/mol. The van der Waals surface area contributed by atoms with Crippen LogP contribution in [0, 0.1) is 13.8 Å². The fraction of sp³-hybridized carbons (Fsp3) is 0.400. The Morgan fingerprint density at radius 2 is 1.67 bits per heavy atom. The number of rotatable bonds is 4. The first-order chi connectivity index (χ1) is 12.9. The highest BCUT2D eigenvalue weighted by atomic mass is 32.2. The SMILES string of the molecule is Cc1ccc(C)c(CN2CCN(S(=O)(=O)c3ccc4c(c3)OCO4)CC2)c1. The number of sulfonamides is 1. The van der Waals surface area contributed by atoms with Crippen molar-refractivity contribution in [2.24, 2.45) is 0 Å². The molecule has 0 N–H and O–H groups in total. The van der Waals surface area contributed by atoms with E-state index < -0.39 is 10.0 Å². The molecule has 2 aliphatic heterocycles. The van der Waals surface area contributed by atoms with Gasteiger partial charge in [-0.25, -0.2) is 8.42 Å². The molecule has 7 heteroatoms. The van der Waals surface area contributed by atoms with Crippen molar-refractivity contribution < 1.29 is 17.9 Å². The number of hydrogen-bond donors (Lipinski definition) is 0. The minimum absolute atomic E-state index is 0.135. The van der Waals surface area contributed by atoms with Gasteiger partial charge in [-0.15, -0.1) is 0 Å². The number of ether oxygens (including phenoxy) is 2. The highest BCUT2D eigenvalue weighted by Crippen LogP contribution is 2.34. The van der Waals surface area contributed by atoms with Crippen LogP contribution in [0.2, 0.25) is 0 Å². The lowest BCUT2D eigenvalue weighted by Gasteiger charge is -2.34. The third-order valence-electron chi connectivity index (χ3n) is 5.21. The summed E-state index contributed by atoms with van der Waals surface area (Å²) in [7, 11) is -3.52. The molecule has 4 rings (SSSR count). The number of fused-ring (bicyclic) bond motifs is 1. The highest BCUT2D eigenvalue weighted by Gasteiger charge is 2.30. The van der Waals surface area contributed by atoms with Crippen molar-refractivity contribution in [2.75, 3.05) is 33.0 Å². The Labute approximate surface area is 160 Å². The van der Waals surface area contributed by atoms with Gasteiger partial charge in [-0.1, -0.05) is 23.8 Å². The molecular formula is C20H24N2O4S. The van der Waals surface area contributed by atoms with E-state index in [2.05, 4.69) is 36.9 Å². The van der Waals surface area contributed by atoms with Crippen molar-refractivity contribution in [1.29, 1.82) is 0 Å². The lowest BCUT2D eigenvalue weighted by molar-refractivity contribution is 0.173. The molecule has 2 heterocycles. The second kappa shape index (κ2) is 7.14. The topological polar surface area (TPSA) is 59.1 Å². The first-order valence-electron chi connectivity index (χ1n) is 9.12. The molecule has 1 saturated heterocycles. The molecule has 0 spiro atoms. The van der Waals surface area contributed by atoms with E-state index in [1.54, 1.807) is 22.5 Å². The number of piperazine rings is 1. The molecule has 0 aliphatic carbocycles. The molecule has 6 nitrogen and oxygen atoms in total. The molecule has 2 aromatic carbocycles. The van der Waals surface area contributed by atoms with Crippen LogP contribution >= 0.6 is 0 Å². The minimum atomic E-state index is -3.52. The molecule has 0 amide bonds. The maximum Gasteiger partial charge on any atom is 0.243 e. The van der Waals surface area contributed by atoms with Crippen LogP contribution in [0.25, 0.3) is 0 Å². The second-order valence-corrected chi connectivity index (χ2v) is 9.06. The summed E-state index contributed by atoms with van der Waals surface area (Å²) < 4.78 is 38.1. The van der Waals surface area contributed by atoms with E-state index in [0.29, 0.717) is 24.6 Å². The fourth-order valence-corrected chi connectivity index (χ4v) is 4.96. The van der Waals surface area contributed by atoms with Crippen LogP contribution in [0.3, 0.4) is 0 Å². The zero-order valence-electron chi connectivity index (χ0n) is 15.6. The van der Waals surface area contributed by atoms with Gasteiger partial charge in [-0.05, 0) is 37.1 Å². The third-order valence-corrected chi connectivity index (χ3v) is 7.11. The van der Waals surface area contributed by atoms with Gasteiger partial charge in [0.05, 0.1) is 4.90 Å². The summed E-state index contributed by atoms with van der Waals surface area (Å²) in [6.07, 6.45) is 0. The fourth-order valence-electron chi connectivity index (χ4n) is 3.53. The van der Waals surface area contributed by atoms with E-state index in [1.165, 1.54) is 16.7 Å². The Morgan fingerprint density at radius 1 is 0.926 bits per heavy atom. The van der Waals surface area contributed by atoms with Gasteiger partial charge in [-0.2, -0.15) is 4.31 Å². The predicted octanol–water partition coefficient (Wildman–Crippen LogP) is 2.54. The van der Waals surface area contributed by atoms with Crippen LogP contribution in [0.4, 0.5) is 0 Å². The maximum absolute atomic E-state index is 13.0. The smallest absolute Gasteiger partial charge is 0.243 e. The Hall–Kier alpha value is -2.09. The van der Waals surface area contributed by atoms with E-state index in [1.807, 2.05) is 0 Å². The van der Waals surface area contributed by atoms with Crippen LogP contribution in [0.15, 0.2) is 41.3 Å². The monoisotopic (exact) mass is 388 g/mol. The number of aryl methyl sites for hydroxylation is 2. The molecule has 0 unspecified atom stereocenters. The minimum Gasteiger partial charge on any atom is -0.454 e. The quantitative estimate of drug-likeness (QED) is 0.806. The molecule has 0 saturated carbocycles. The van der Waals surface area contributed by atoms with Crippen molar-refractivity contribution in [3.63, 3.8) is 0 Å². The molecule has 2 aliphatic rings. The lowest BCUT2D eigenvalue weighted by atomic mass is 10.1. The van der Waals surface area contributed by atoms with Crippen molar-refractivity contribution in [2.45, 2.75) is 25.3 Å². The van der Waals surface area contributed by atoms with Crippen LogP contribution in [0.5, 0.6) is 11.5 Å². The van der Waals surface area contributed by atoms with Gasteiger partial charge in [0, 0.05) is 38.8 Å². The van der Waals surface area contributed by atoms with E-state index in [9.17, 15) is 8.42 Å². The molecule has 0 radical (unpaired) electrons. The van der Waals surface area contributed by atoms with Crippen molar-refractivity contribution in [3.8, 4) is 11.5 Å². The Kier molecular flexibility index (Phi) is 4.84. The average molecular weight is 388 g/mol. The molecule has 27 heavy (non-hydrogen) atoms. The third kappa shape index (κ3) is 3.67. The summed E-state index contributed by atoms with van der Waals surface area (Å²) in [5, 5.41) is 0. The van der Waals surface area contributed by atoms with E-state index in [4.69, 9.17) is 9.47 Å². The highest BCUT2D eigenvalue weighted by molar-refractivity contribution is 7.89. The zero-order valence-corrected chi connectivity index (χ0v) is 16.5. The number of nitrogens with zero attached hydrogens (tertiary/aromatic N) is 2. The molecule has 0 bridgehead atoms. The Morgan fingerprint density at radius 3 is 2.44 bits per heavy atom. The van der Waals surface area contributed by atoms with Gasteiger partial charge >= 0.3 is 0 Å². The summed E-state index contributed by atoms with van der Waals surface area (Å²) in [5.41, 5.74) is 3.83. The molecule has 2 aromatic rings. The Balaban J connectivity index is 1.43. The van der Waals surface area contributed by atoms with E-state index >= 15 is 0 Å². The van der Waals surface area contributed by atoms with Crippen molar-refractivity contribution in [3.05, 3.63) is 53.1 Å². The summed E-state index contributed by atoms with van der Waals surface area (Å²) in [5.74, 6) is 1.08. The lowest BCUT2D eigenvalue weighted by Crippen LogP contribution is -2.48. The maximum atomic E-state index is 13.0. The molecule has 144 valence electrons. The van der Waals surface area contributed by atoms with Crippen molar-refractivity contribution >= 4 is 10.0 Å². The first kappa shape index (κ1) is 18.3. The summed E-state index contributed by atoms with van der Waals surface area (Å²) >= 11 is 0. The van der Waals surface area contributed by atoms with Gasteiger partial charge in [0.15, 0.2) is 11.5 Å². The molecule has 0 aromatic heterocycles. The first-order valence-corrected chi connectivity index (χ1v) is 10.6. The van der Waals surface area contributed by atoms with Gasteiger partial charge in [0.1, 0.15) is 0 Å². The van der Waals surface area contributed by atoms with Crippen molar-refractivity contribution in [1.82, 2.24) is 9.21 Å². The zero-order chi connectivity index (χ0) is 19.0. The van der Waals surface area contributed by atoms with Gasteiger partial charge in [-0.3, -0.25) is 4.90 Å². The van der Waals surface area contributed by atoms with Crippen LogP contribution in [0.1, 0.15) is 16.7 Å². The van der Waals surface area contributed by atoms with Crippen LogP contribution in [-0.2, 0) is 16.6 Å². The summed E-state index contributed by atoms with van der Waals surface area (Å²) in [6, 6.07) is 11.3. The van der Waals surface area contributed by atoms with Crippen LogP contribution in [-0.4, -0.2) is 50.6 Å². The van der Waals surface area contributed by atoms with Gasteiger partial charge < -0.3 is 9.47 Å². The normalized spacial score (nSPS) is 18.0. The molecule has 1 fully saturated rings. The molecule has 0 atom stereocenters. The summed E-state index contributed by atoms with van der Waals surface area (Å²) in [6.45, 7) is 7.62. The standard InChI is InChI=1S/C20H24N2O4S/c1-15-3-4-16(2)17(11-15)13-21-7-9-22(10-8-21)27(23,24)18-5-6-19-20(12-18)26-14-25-19/h3-6,11-12H,7-10,13-14H2,1-2H3. The van der Waals surface area contributed by atoms with Crippen LogP contribution < -0.4 is 9.47 Å². The van der Waals surface area contributed by atoms with Gasteiger partial charge in [0.25, 0.3) is 0 Å². The van der Waals surface area contributed by atoms with E-state index in [-0.39, 0.29) is 11.7 Å². The number of hydrogen-bond acceptors (Lipinski definition) is 5. The Bertz CT molecular complexity index is 950. The van der Waals surface area contributed by atoms with Gasteiger partial charge in [0.2, 0.25) is 16.8 Å². The number of benzene rings is 2. The second-order valence-electron chi connectivity index (χ2n) is 7.13. The van der Waals surface area contributed by atoms with E-state index in [0.717, 1.165) is 19.6 Å².